The molecular formula is C17H29N3. The van der Waals surface area contributed by atoms with E-state index in [1.807, 2.05) is 20.9 Å². The van der Waals surface area contributed by atoms with Crippen molar-refractivity contribution in [2.75, 3.05) is 7.05 Å². The zero-order chi connectivity index (χ0) is 15.2. The van der Waals surface area contributed by atoms with Crippen molar-refractivity contribution in [3.8, 4) is 6.07 Å². The Kier molecular flexibility index (Phi) is 6.29. The van der Waals surface area contributed by atoms with Gasteiger partial charge in [0.05, 0.1) is 11.5 Å². The lowest BCUT2D eigenvalue weighted by molar-refractivity contribution is 0.416. The lowest BCUT2D eigenvalue weighted by Gasteiger charge is -2.18. The van der Waals surface area contributed by atoms with E-state index in [4.69, 9.17) is 5.26 Å². The molecule has 0 amide bonds. The predicted molar refractivity (Wildman–Crippen MR) is 84.3 cm³/mol. The summed E-state index contributed by atoms with van der Waals surface area (Å²) in [4.78, 5) is 0. The zero-order valence-electron chi connectivity index (χ0n) is 13.6. The number of nitriles is 1. The monoisotopic (exact) mass is 275 g/mol. The summed E-state index contributed by atoms with van der Waals surface area (Å²) < 4.78 is 2.27. The van der Waals surface area contributed by atoms with Crippen LogP contribution >= 0.6 is 0 Å². The third-order valence-corrected chi connectivity index (χ3v) is 3.88. The molecule has 0 radical (unpaired) electrons. The molecule has 3 nitrogen and oxygen atoms in total. The first-order valence-corrected chi connectivity index (χ1v) is 7.64. The summed E-state index contributed by atoms with van der Waals surface area (Å²) in [6.07, 6.45) is 7.62. The van der Waals surface area contributed by atoms with Gasteiger partial charge < -0.3 is 9.88 Å². The van der Waals surface area contributed by atoms with Crippen molar-refractivity contribution < 1.29 is 0 Å². The number of hydrogen-bond donors (Lipinski definition) is 1. The van der Waals surface area contributed by atoms with Gasteiger partial charge in [0.15, 0.2) is 0 Å². The van der Waals surface area contributed by atoms with E-state index in [0.717, 1.165) is 25.8 Å². The van der Waals surface area contributed by atoms with Crippen LogP contribution in [0.15, 0.2) is 18.5 Å². The van der Waals surface area contributed by atoms with Crippen LogP contribution in [-0.2, 0) is 6.54 Å². The van der Waals surface area contributed by atoms with E-state index < -0.39 is 0 Å². The fourth-order valence-electron chi connectivity index (χ4n) is 2.58. The van der Waals surface area contributed by atoms with Gasteiger partial charge in [-0.25, -0.2) is 0 Å². The third-order valence-electron chi connectivity index (χ3n) is 3.88. The lowest BCUT2D eigenvalue weighted by atomic mass is 9.89. The van der Waals surface area contributed by atoms with Crippen LogP contribution in [-0.4, -0.2) is 11.6 Å². The highest BCUT2D eigenvalue weighted by Gasteiger charge is 2.16. The van der Waals surface area contributed by atoms with Gasteiger partial charge >= 0.3 is 0 Å². The topological polar surface area (TPSA) is 40.8 Å². The molecule has 0 aliphatic carbocycles. The summed E-state index contributed by atoms with van der Waals surface area (Å²) in [6.45, 7) is 9.54. The summed E-state index contributed by atoms with van der Waals surface area (Å²) in [5, 5.41) is 12.4. The Morgan fingerprint density at radius 1 is 1.35 bits per heavy atom. The van der Waals surface area contributed by atoms with Gasteiger partial charge in [0.2, 0.25) is 0 Å². The molecular weight excluding hydrogens is 246 g/mol. The van der Waals surface area contributed by atoms with Gasteiger partial charge in [-0.3, -0.25) is 0 Å². The highest BCUT2D eigenvalue weighted by Crippen LogP contribution is 2.23. The van der Waals surface area contributed by atoms with Crippen molar-refractivity contribution in [1.82, 2.24) is 9.88 Å². The highest BCUT2D eigenvalue weighted by molar-refractivity contribution is 5.16. The number of rotatable bonds is 8. The van der Waals surface area contributed by atoms with Crippen molar-refractivity contribution in [3.05, 3.63) is 24.0 Å². The van der Waals surface area contributed by atoms with Crippen molar-refractivity contribution in [3.63, 3.8) is 0 Å². The summed E-state index contributed by atoms with van der Waals surface area (Å²) in [5.41, 5.74) is 1.18. The molecule has 0 spiro atoms. The molecule has 1 N–H and O–H groups in total. The fraction of sp³-hybridized carbons (Fsp3) is 0.706. The Balaban J connectivity index is 2.43. The first-order chi connectivity index (χ1) is 9.39. The molecule has 20 heavy (non-hydrogen) atoms. The molecule has 1 heterocycles. The van der Waals surface area contributed by atoms with Gasteiger partial charge in [0.1, 0.15) is 0 Å². The fourth-order valence-corrected chi connectivity index (χ4v) is 2.58. The van der Waals surface area contributed by atoms with Crippen molar-refractivity contribution in [2.45, 2.75) is 59.5 Å². The molecule has 1 unspecified atom stereocenters. The van der Waals surface area contributed by atoms with Crippen molar-refractivity contribution >= 4 is 0 Å². The summed E-state index contributed by atoms with van der Waals surface area (Å²) in [7, 11) is 2.02. The quantitative estimate of drug-likeness (QED) is 0.725. The van der Waals surface area contributed by atoms with E-state index in [2.05, 4.69) is 48.3 Å². The van der Waals surface area contributed by atoms with Gasteiger partial charge in [-0.2, -0.15) is 5.26 Å². The van der Waals surface area contributed by atoms with Crippen LogP contribution in [0.3, 0.4) is 0 Å². The van der Waals surface area contributed by atoms with Crippen molar-refractivity contribution in [1.29, 1.82) is 5.26 Å². The number of aromatic nitrogens is 1. The third kappa shape index (κ3) is 5.02. The average molecular weight is 275 g/mol. The van der Waals surface area contributed by atoms with Crippen LogP contribution in [0, 0.1) is 22.7 Å². The normalized spacial score (nSPS) is 13.4. The molecule has 0 aromatic carbocycles. The van der Waals surface area contributed by atoms with Gasteiger partial charge in [-0.1, -0.05) is 20.3 Å². The average Bonchev–Trinajstić information content (AvgIpc) is 2.84. The first-order valence-electron chi connectivity index (χ1n) is 7.64. The predicted octanol–water partition coefficient (Wildman–Crippen LogP) is 4.12. The van der Waals surface area contributed by atoms with Crippen LogP contribution < -0.4 is 5.32 Å². The smallest absolute Gasteiger partial charge is 0.0683 e. The largest absolute Gasteiger partial charge is 0.354 e. The molecule has 1 atom stereocenters. The van der Waals surface area contributed by atoms with E-state index in [9.17, 15) is 0 Å². The number of unbranched alkanes of at least 4 members (excludes halogenated alkanes) is 1. The maximum Gasteiger partial charge on any atom is 0.0683 e. The molecule has 1 rings (SSSR count). The van der Waals surface area contributed by atoms with Crippen LogP contribution in [0.25, 0.3) is 0 Å². The summed E-state index contributed by atoms with van der Waals surface area (Å²) in [6, 6.07) is 5.00. The number of nitrogens with zero attached hydrogens (tertiary/aromatic N) is 2. The van der Waals surface area contributed by atoms with Crippen LogP contribution in [0.4, 0.5) is 0 Å². The number of aryl methyl sites for hydroxylation is 1. The minimum Gasteiger partial charge on any atom is -0.354 e. The molecule has 0 saturated carbocycles. The van der Waals surface area contributed by atoms with Gasteiger partial charge in [-0.15, -0.1) is 0 Å². The molecule has 0 bridgehead atoms. The second-order valence-electron chi connectivity index (χ2n) is 6.65. The first kappa shape index (κ1) is 16.8. The minimum atomic E-state index is -0.184. The molecule has 0 saturated heterocycles. The van der Waals surface area contributed by atoms with E-state index in [-0.39, 0.29) is 5.41 Å². The zero-order valence-corrected chi connectivity index (χ0v) is 13.6. The van der Waals surface area contributed by atoms with E-state index in [0.29, 0.717) is 12.0 Å². The second-order valence-corrected chi connectivity index (χ2v) is 6.65. The Hall–Kier alpha value is -1.27. The molecule has 1 aromatic rings. The van der Waals surface area contributed by atoms with Gasteiger partial charge in [-0.05, 0) is 51.3 Å². The summed E-state index contributed by atoms with van der Waals surface area (Å²) >= 11 is 0. The molecule has 0 aliphatic heterocycles. The Morgan fingerprint density at radius 2 is 2.05 bits per heavy atom. The number of nitrogens with one attached hydrogen (secondary N) is 1. The van der Waals surface area contributed by atoms with Crippen LogP contribution in [0.1, 0.15) is 58.6 Å². The van der Waals surface area contributed by atoms with Crippen LogP contribution in [0.5, 0.6) is 0 Å². The van der Waals surface area contributed by atoms with Gasteiger partial charge in [0.25, 0.3) is 0 Å². The maximum atomic E-state index is 8.99. The standard InChI is InChI=1S/C17H29N3/c1-14(2)16(19-5)15-8-11-20(12-15)10-7-6-9-17(3,4)13-18/h8,11-12,14,16,19H,6-7,9-10H2,1-5H3. The minimum absolute atomic E-state index is 0.184. The van der Waals surface area contributed by atoms with Gasteiger partial charge in [0, 0.05) is 25.0 Å². The van der Waals surface area contributed by atoms with Crippen molar-refractivity contribution in [2.24, 2.45) is 11.3 Å². The SMILES string of the molecule is CNC(c1ccn(CCCCC(C)(C)C#N)c1)C(C)C. The maximum absolute atomic E-state index is 8.99. The molecule has 3 heteroatoms. The van der Waals surface area contributed by atoms with E-state index >= 15 is 0 Å². The van der Waals surface area contributed by atoms with E-state index in [1.54, 1.807) is 0 Å². The van der Waals surface area contributed by atoms with E-state index in [1.165, 1.54) is 5.56 Å². The Morgan fingerprint density at radius 3 is 2.60 bits per heavy atom. The van der Waals surface area contributed by atoms with Crippen LogP contribution in [0.2, 0.25) is 0 Å². The molecule has 1 aromatic heterocycles. The number of hydrogen-bond acceptors (Lipinski definition) is 2. The summed E-state index contributed by atoms with van der Waals surface area (Å²) in [5.74, 6) is 0.590. The molecule has 0 aliphatic rings. The molecule has 0 fully saturated rings. The lowest BCUT2D eigenvalue weighted by Crippen LogP contribution is -2.21. The Labute approximate surface area is 124 Å². The Bertz CT molecular complexity index is 437. The molecule has 112 valence electrons. The highest BCUT2D eigenvalue weighted by atomic mass is 15.0. The second kappa shape index (κ2) is 7.50.